The highest BCUT2D eigenvalue weighted by Crippen LogP contribution is 2.24. The first-order chi connectivity index (χ1) is 12.7. The van der Waals surface area contributed by atoms with Gasteiger partial charge in [0.25, 0.3) is 5.91 Å². The number of thioether (sulfide) groups is 1. The molecule has 0 bridgehead atoms. The van der Waals surface area contributed by atoms with Crippen molar-refractivity contribution in [3.8, 4) is 5.75 Å². The van der Waals surface area contributed by atoms with Gasteiger partial charge in [-0.25, -0.2) is 0 Å². The fourth-order valence-electron chi connectivity index (χ4n) is 2.92. The maximum Gasteiger partial charge on any atom is 0.259 e. The normalized spacial score (nSPS) is 14.8. The van der Waals surface area contributed by atoms with Crippen molar-refractivity contribution in [2.75, 3.05) is 43.6 Å². The molecule has 1 aliphatic heterocycles. The lowest BCUT2D eigenvalue weighted by Crippen LogP contribution is -2.34. The quantitative estimate of drug-likeness (QED) is 0.802. The number of benzene rings is 2. The molecule has 4 nitrogen and oxygen atoms in total. The van der Waals surface area contributed by atoms with Crippen LogP contribution in [-0.2, 0) is 6.42 Å². The number of rotatable bonds is 6. The minimum absolute atomic E-state index is 0.211. The summed E-state index contributed by atoms with van der Waals surface area (Å²) in [6, 6.07) is 13.0. The van der Waals surface area contributed by atoms with Gasteiger partial charge in [-0.15, -0.1) is 0 Å². The van der Waals surface area contributed by atoms with Gasteiger partial charge in [0.2, 0.25) is 0 Å². The van der Waals surface area contributed by atoms with Gasteiger partial charge in [-0.1, -0.05) is 23.7 Å². The lowest BCUT2D eigenvalue weighted by atomic mass is 10.1. The lowest BCUT2D eigenvalue weighted by Gasteiger charge is -2.26. The summed E-state index contributed by atoms with van der Waals surface area (Å²) in [4.78, 5) is 15.0. The van der Waals surface area contributed by atoms with Crippen LogP contribution in [0.5, 0.6) is 5.75 Å². The largest absolute Gasteiger partial charge is 0.496 e. The van der Waals surface area contributed by atoms with Crippen molar-refractivity contribution in [2.24, 2.45) is 0 Å². The van der Waals surface area contributed by atoms with E-state index >= 15 is 0 Å². The van der Waals surface area contributed by atoms with Crippen LogP contribution >= 0.6 is 23.4 Å². The molecule has 3 rings (SSSR count). The molecule has 0 aromatic heterocycles. The van der Waals surface area contributed by atoms with Crippen LogP contribution in [0.25, 0.3) is 0 Å². The van der Waals surface area contributed by atoms with E-state index in [1.165, 1.54) is 37.3 Å². The Kier molecular flexibility index (Phi) is 6.83. The van der Waals surface area contributed by atoms with Gasteiger partial charge in [-0.05, 0) is 42.3 Å². The summed E-state index contributed by atoms with van der Waals surface area (Å²) in [7, 11) is 1.53. The first-order valence-electron chi connectivity index (χ1n) is 8.69. The van der Waals surface area contributed by atoms with Gasteiger partial charge in [-0.2, -0.15) is 11.8 Å². The number of ether oxygens (including phenoxy) is 1. The number of carbonyl (C=O) groups excluding carboxylic acids is 1. The zero-order chi connectivity index (χ0) is 18.4. The third-order valence-electron chi connectivity index (χ3n) is 4.44. The van der Waals surface area contributed by atoms with Crippen molar-refractivity contribution < 1.29 is 9.53 Å². The molecule has 0 saturated carbocycles. The van der Waals surface area contributed by atoms with E-state index in [0.29, 0.717) is 16.3 Å². The van der Waals surface area contributed by atoms with E-state index in [-0.39, 0.29) is 5.91 Å². The molecule has 0 unspecified atom stereocenters. The standard InChI is InChI=1S/C20H23ClN2O2S/c1-25-19-14-16(21)4-7-18(19)20(24)22-17-5-2-15(3-6-17)8-9-23-10-12-26-13-11-23/h2-7,14H,8-13H2,1H3,(H,22,24). The minimum Gasteiger partial charge on any atom is -0.496 e. The Morgan fingerprint density at radius 2 is 1.92 bits per heavy atom. The van der Waals surface area contributed by atoms with Gasteiger partial charge in [0.1, 0.15) is 5.75 Å². The van der Waals surface area contributed by atoms with Crippen molar-refractivity contribution in [2.45, 2.75) is 6.42 Å². The molecule has 0 spiro atoms. The Balaban J connectivity index is 1.57. The number of halogens is 1. The maximum absolute atomic E-state index is 12.5. The molecular weight excluding hydrogens is 368 g/mol. The molecule has 1 fully saturated rings. The second-order valence-electron chi connectivity index (χ2n) is 6.20. The number of hydrogen-bond acceptors (Lipinski definition) is 4. The van der Waals surface area contributed by atoms with E-state index in [1.54, 1.807) is 18.2 Å². The summed E-state index contributed by atoms with van der Waals surface area (Å²) in [6.07, 6.45) is 1.03. The number of anilines is 1. The van der Waals surface area contributed by atoms with Gasteiger partial charge in [0.15, 0.2) is 0 Å². The topological polar surface area (TPSA) is 41.6 Å². The van der Waals surface area contributed by atoms with Gasteiger partial charge < -0.3 is 15.0 Å². The average molecular weight is 391 g/mol. The van der Waals surface area contributed by atoms with Crippen LogP contribution in [0.4, 0.5) is 5.69 Å². The maximum atomic E-state index is 12.5. The van der Waals surface area contributed by atoms with E-state index < -0.39 is 0 Å². The summed E-state index contributed by atoms with van der Waals surface area (Å²) in [6.45, 7) is 3.46. The van der Waals surface area contributed by atoms with Crippen LogP contribution in [0.1, 0.15) is 15.9 Å². The fraction of sp³-hybridized carbons (Fsp3) is 0.350. The fourth-order valence-corrected chi connectivity index (χ4v) is 4.06. The second kappa shape index (κ2) is 9.31. The molecular formula is C20H23ClN2O2S. The Bertz CT molecular complexity index is 746. The molecule has 1 saturated heterocycles. The van der Waals surface area contributed by atoms with Crippen LogP contribution in [0.3, 0.4) is 0 Å². The smallest absolute Gasteiger partial charge is 0.259 e. The van der Waals surface area contributed by atoms with E-state index in [9.17, 15) is 4.79 Å². The Hall–Kier alpha value is -1.69. The molecule has 26 heavy (non-hydrogen) atoms. The van der Waals surface area contributed by atoms with Crippen LogP contribution in [-0.4, -0.2) is 49.1 Å². The molecule has 0 aliphatic carbocycles. The molecule has 0 radical (unpaired) electrons. The molecule has 0 atom stereocenters. The number of amides is 1. The van der Waals surface area contributed by atoms with E-state index in [0.717, 1.165) is 18.7 Å². The minimum atomic E-state index is -0.211. The predicted molar refractivity (Wildman–Crippen MR) is 110 cm³/mol. The molecule has 2 aromatic carbocycles. The van der Waals surface area contributed by atoms with E-state index in [1.807, 2.05) is 23.9 Å². The first-order valence-corrected chi connectivity index (χ1v) is 10.2. The zero-order valence-electron chi connectivity index (χ0n) is 14.8. The Labute approximate surface area is 163 Å². The van der Waals surface area contributed by atoms with Crippen molar-refractivity contribution in [1.82, 2.24) is 4.90 Å². The molecule has 1 amide bonds. The van der Waals surface area contributed by atoms with E-state index in [4.69, 9.17) is 16.3 Å². The van der Waals surface area contributed by atoms with Gasteiger partial charge in [0, 0.05) is 41.8 Å². The molecule has 1 aliphatic rings. The number of methoxy groups -OCH3 is 1. The third-order valence-corrected chi connectivity index (χ3v) is 5.62. The second-order valence-corrected chi connectivity index (χ2v) is 7.86. The Morgan fingerprint density at radius 3 is 2.62 bits per heavy atom. The number of carbonyl (C=O) groups is 1. The zero-order valence-corrected chi connectivity index (χ0v) is 16.4. The van der Waals surface area contributed by atoms with Crippen molar-refractivity contribution in [3.05, 3.63) is 58.6 Å². The van der Waals surface area contributed by atoms with Gasteiger partial charge in [-0.3, -0.25) is 4.79 Å². The monoisotopic (exact) mass is 390 g/mol. The SMILES string of the molecule is COc1cc(Cl)ccc1C(=O)Nc1ccc(CCN2CCSCC2)cc1. The summed E-state index contributed by atoms with van der Waals surface area (Å²) in [5.74, 6) is 2.72. The van der Waals surface area contributed by atoms with Crippen LogP contribution in [0.2, 0.25) is 5.02 Å². The van der Waals surface area contributed by atoms with Gasteiger partial charge >= 0.3 is 0 Å². The summed E-state index contributed by atoms with van der Waals surface area (Å²) < 4.78 is 5.24. The number of hydrogen-bond donors (Lipinski definition) is 1. The third kappa shape index (κ3) is 5.16. The summed E-state index contributed by atoms with van der Waals surface area (Å²) in [5.41, 5.74) is 2.51. The van der Waals surface area contributed by atoms with Crippen LogP contribution in [0.15, 0.2) is 42.5 Å². The van der Waals surface area contributed by atoms with Crippen molar-refractivity contribution >= 4 is 35.0 Å². The van der Waals surface area contributed by atoms with Crippen molar-refractivity contribution in [3.63, 3.8) is 0 Å². The lowest BCUT2D eigenvalue weighted by molar-refractivity contribution is 0.102. The highest BCUT2D eigenvalue weighted by atomic mass is 35.5. The Morgan fingerprint density at radius 1 is 1.19 bits per heavy atom. The first kappa shape index (κ1) is 19.1. The summed E-state index contributed by atoms with van der Waals surface area (Å²) in [5, 5.41) is 3.45. The van der Waals surface area contributed by atoms with Crippen LogP contribution < -0.4 is 10.1 Å². The summed E-state index contributed by atoms with van der Waals surface area (Å²) >= 11 is 7.98. The molecule has 6 heteroatoms. The highest BCUT2D eigenvalue weighted by Gasteiger charge is 2.13. The highest BCUT2D eigenvalue weighted by molar-refractivity contribution is 7.99. The predicted octanol–water partition coefficient (Wildman–Crippen LogP) is 4.19. The molecule has 1 N–H and O–H groups in total. The van der Waals surface area contributed by atoms with Gasteiger partial charge in [0.05, 0.1) is 12.7 Å². The number of nitrogens with one attached hydrogen (secondary N) is 1. The van der Waals surface area contributed by atoms with E-state index in [2.05, 4.69) is 22.3 Å². The molecule has 2 aromatic rings. The molecule has 138 valence electrons. The molecule has 1 heterocycles. The van der Waals surface area contributed by atoms with Crippen LogP contribution in [0, 0.1) is 0 Å². The van der Waals surface area contributed by atoms with Crippen molar-refractivity contribution in [1.29, 1.82) is 0 Å². The number of nitrogens with zero attached hydrogens (tertiary/aromatic N) is 1. The average Bonchev–Trinajstić information content (AvgIpc) is 2.68.